The highest BCUT2D eigenvalue weighted by Gasteiger charge is 2.59. The average molecular weight is 613 g/mol. The lowest BCUT2D eigenvalue weighted by Crippen LogP contribution is -2.50. The summed E-state index contributed by atoms with van der Waals surface area (Å²) in [6.45, 7) is 15.0. The molecule has 0 unspecified atom stereocenters. The van der Waals surface area contributed by atoms with Crippen molar-refractivity contribution in [2.24, 2.45) is 17.3 Å². The fourth-order valence-electron chi connectivity index (χ4n) is 7.15. The molecule has 2 aromatic rings. The summed E-state index contributed by atoms with van der Waals surface area (Å²) in [5, 5.41) is 3.76. The molecular weight excluding hydrogens is 562 g/mol. The van der Waals surface area contributed by atoms with Crippen LogP contribution in [0.25, 0.3) is 0 Å². The van der Waals surface area contributed by atoms with Crippen LogP contribution in [0.3, 0.4) is 0 Å². The molecule has 0 bridgehead atoms. The topological polar surface area (TPSA) is 67.9 Å². The van der Waals surface area contributed by atoms with Gasteiger partial charge in [-0.25, -0.2) is 13.6 Å². The van der Waals surface area contributed by atoms with E-state index in [2.05, 4.69) is 59.0 Å². The second kappa shape index (κ2) is 13.2. The number of halogens is 2. The zero-order chi connectivity index (χ0) is 32.4. The third-order valence-corrected chi connectivity index (χ3v) is 9.25. The number of alkyl halides is 2. The maximum absolute atomic E-state index is 14.7. The average Bonchev–Trinajstić information content (AvgIpc) is 3.31. The van der Waals surface area contributed by atoms with Gasteiger partial charge in [0, 0.05) is 42.8 Å². The van der Waals surface area contributed by atoms with Crippen LogP contribution in [0.15, 0.2) is 48.5 Å². The molecule has 1 amide bonds. The monoisotopic (exact) mass is 612 g/mol. The van der Waals surface area contributed by atoms with E-state index in [0.717, 1.165) is 22.4 Å². The van der Waals surface area contributed by atoms with Crippen LogP contribution in [-0.4, -0.2) is 48.5 Å². The molecule has 2 fully saturated rings. The summed E-state index contributed by atoms with van der Waals surface area (Å²) >= 11 is 0. The second-order valence-electron chi connectivity index (χ2n) is 14.5. The standard InChI is InChI=1S/C36H50F2N2O4/c1-9-44-33(42)31-28(35(5,6)7)29(39-22-25-20-26(34(2,3)4)17-18-27(25)43-8)30(23-14-11-10-12-15-23)40(31)32(41)24-16-13-19-36(37,38)21-24/h10-12,14-15,17-18,20,24,28-31,39H,9,13,16,19,21-22H2,1-8H3/t24-,28-,29-,30-,31-/m0/s1. The van der Waals surface area contributed by atoms with Crippen LogP contribution in [0, 0.1) is 17.3 Å². The minimum absolute atomic E-state index is 0.0742. The Bertz CT molecular complexity index is 1300. The fraction of sp³-hybridized carbons (Fsp3) is 0.611. The third-order valence-electron chi connectivity index (χ3n) is 9.25. The SMILES string of the molecule is CCOC(=O)[C@@H]1[C@@H](C(C)(C)C)[C@H](NCc2cc(C(C)(C)C)ccc2OC)[C@H](c2ccccc2)N1C(=O)[C@H]1CCCC(F)(F)C1. The summed E-state index contributed by atoms with van der Waals surface area (Å²) in [5.41, 5.74) is 2.44. The predicted octanol–water partition coefficient (Wildman–Crippen LogP) is 7.45. The van der Waals surface area contributed by atoms with E-state index in [1.54, 1.807) is 18.9 Å². The zero-order valence-electron chi connectivity index (χ0n) is 27.6. The number of carbonyl (C=O) groups excluding carboxylic acids is 2. The summed E-state index contributed by atoms with van der Waals surface area (Å²) in [6, 6.07) is 13.9. The van der Waals surface area contributed by atoms with Crippen LogP contribution in [0.1, 0.15) is 96.9 Å². The maximum Gasteiger partial charge on any atom is 0.329 e. The number of likely N-dealkylation sites (tertiary alicyclic amines) is 1. The number of hydrogen-bond acceptors (Lipinski definition) is 5. The van der Waals surface area contributed by atoms with Gasteiger partial charge in [-0.3, -0.25) is 4.79 Å². The van der Waals surface area contributed by atoms with Crippen molar-refractivity contribution < 1.29 is 27.8 Å². The van der Waals surface area contributed by atoms with Crippen LogP contribution < -0.4 is 10.1 Å². The fourth-order valence-corrected chi connectivity index (χ4v) is 7.15. The highest BCUT2D eigenvalue weighted by Crippen LogP contribution is 2.50. The molecule has 2 aromatic carbocycles. The zero-order valence-corrected chi connectivity index (χ0v) is 27.6. The highest BCUT2D eigenvalue weighted by molar-refractivity contribution is 5.88. The number of methoxy groups -OCH3 is 1. The maximum atomic E-state index is 14.7. The normalized spacial score (nSPS) is 25.5. The number of hydrogen-bond donors (Lipinski definition) is 1. The number of rotatable bonds is 8. The van der Waals surface area contributed by atoms with E-state index in [-0.39, 0.29) is 36.8 Å². The van der Waals surface area contributed by atoms with Crippen LogP contribution in [-0.2, 0) is 26.3 Å². The molecule has 4 rings (SSSR count). The number of esters is 1. The Morgan fingerprint density at radius 1 is 1.05 bits per heavy atom. The number of amides is 1. The minimum atomic E-state index is -2.91. The summed E-state index contributed by atoms with van der Waals surface area (Å²) in [7, 11) is 1.65. The molecule has 1 heterocycles. The highest BCUT2D eigenvalue weighted by atomic mass is 19.3. The molecule has 1 aliphatic carbocycles. The predicted molar refractivity (Wildman–Crippen MR) is 169 cm³/mol. The van der Waals surface area contributed by atoms with E-state index in [0.29, 0.717) is 13.0 Å². The van der Waals surface area contributed by atoms with E-state index in [1.807, 2.05) is 36.4 Å². The van der Waals surface area contributed by atoms with Crippen molar-refractivity contribution in [1.29, 1.82) is 0 Å². The first kappa shape index (κ1) is 33.9. The van der Waals surface area contributed by atoms with E-state index >= 15 is 0 Å². The number of ether oxygens (including phenoxy) is 2. The molecule has 242 valence electrons. The summed E-state index contributed by atoms with van der Waals surface area (Å²) in [4.78, 5) is 30.0. The van der Waals surface area contributed by atoms with Crippen molar-refractivity contribution in [3.8, 4) is 5.75 Å². The van der Waals surface area contributed by atoms with Crippen LogP contribution in [0.5, 0.6) is 5.75 Å². The van der Waals surface area contributed by atoms with E-state index < -0.39 is 47.6 Å². The van der Waals surface area contributed by atoms with Gasteiger partial charge in [0.15, 0.2) is 0 Å². The first-order valence-electron chi connectivity index (χ1n) is 15.9. The van der Waals surface area contributed by atoms with Crippen molar-refractivity contribution >= 4 is 11.9 Å². The van der Waals surface area contributed by atoms with Gasteiger partial charge in [-0.15, -0.1) is 0 Å². The molecule has 1 N–H and O–H groups in total. The summed E-state index contributed by atoms with van der Waals surface area (Å²) in [5.74, 6) is -4.31. The smallest absolute Gasteiger partial charge is 0.329 e. The Hall–Kier alpha value is -3.00. The van der Waals surface area contributed by atoms with Crippen molar-refractivity contribution in [3.63, 3.8) is 0 Å². The van der Waals surface area contributed by atoms with Gasteiger partial charge >= 0.3 is 5.97 Å². The second-order valence-corrected chi connectivity index (χ2v) is 14.5. The van der Waals surface area contributed by atoms with Gasteiger partial charge in [0.05, 0.1) is 19.8 Å². The Morgan fingerprint density at radius 3 is 2.30 bits per heavy atom. The first-order chi connectivity index (χ1) is 20.6. The minimum Gasteiger partial charge on any atom is -0.496 e. The third kappa shape index (κ3) is 7.27. The van der Waals surface area contributed by atoms with Crippen molar-refractivity contribution in [3.05, 3.63) is 65.2 Å². The Labute approximate surface area is 261 Å². The number of nitrogens with zero attached hydrogens (tertiary/aromatic N) is 1. The molecule has 44 heavy (non-hydrogen) atoms. The molecular formula is C36H50F2N2O4. The number of carbonyl (C=O) groups is 2. The van der Waals surface area contributed by atoms with Gasteiger partial charge < -0.3 is 19.7 Å². The molecule has 6 nitrogen and oxygen atoms in total. The first-order valence-corrected chi connectivity index (χ1v) is 15.9. The summed E-state index contributed by atoms with van der Waals surface area (Å²) in [6.07, 6.45) is -0.0818. The van der Waals surface area contributed by atoms with E-state index in [9.17, 15) is 18.4 Å². The molecule has 5 atom stereocenters. The molecule has 1 saturated heterocycles. The van der Waals surface area contributed by atoms with Gasteiger partial charge in [0.1, 0.15) is 11.8 Å². The Kier molecular flexibility index (Phi) is 10.1. The van der Waals surface area contributed by atoms with Crippen LogP contribution in [0.4, 0.5) is 8.78 Å². The van der Waals surface area contributed by atoms with Crippen molar-refractivity contribution in [2.75, 3.05) is 13.7 Å². The molecule has 0 spiro atoms. The molecule has 0 radical (unpaired) electrons. The number of benzene rings is 2. The van der Waals surface area contributed by atoms with Gasteiger partial charge in [0.25, 0.3) is 0 Å². The molecule has 1 aliphatic heterocycles. The number of nitrogens with one attached hydrogen (secondary N) is 1. The Balaban J connectivity index is 1.85. The van der Waals surface area contributed by atoms with E-state index in [1.165, 1.54) is 0 Å². The molecule has 1 saturated carbocycles. The lowest BCUT2D eigenvalue weighted by Gasteiger charge is -2.37. The lowest BCUT2D eigenvalue weighted by molar-refractivity contribution is -0.160. The van der Waals surface area contributed by atoms with Gasteiger partial charge in [-0.05, 0) is 47.8 Å². The van der Waals surface area contributed by atoms with Crippen molar-refractivity contribution in [1.82, 2.24) is 10.2 Å². The summed E-state index contributed by atoms with van der Waals surface area (Å²) < 4.78 is 40.7. The van der Waals surface area contributed by atoms with Crippen LogP contribution in [0.2, 0.25) is 0 Å². The van der Waals surface area contributed by atoms with Crippen LogP contribution >= 0.6 is 0 Å². The van der Waals surface area contributed by atoms with Gasteiger partial charge in [-0.1, -0.05) is 84.0 Å². The Morgan fingerprint density at radius 2 is 1.73 bits per heavy atom. The van der Waals surface area contributed by atoms with Crippen molar-refractivity contribution in [2.45, 2.75) is 110 Å². The molecule has 8 heteroatoms. The lowest BCUT2D eigenvalue weighted by atomic mass is 9.72. The molecule has 2 aliphatic rings. The van der Waals surface area contributed by atoms with Gasteiger partial charge in [-0.2, -0.15) is 0 Å². The largest absolute Gasteiger partial charge is 0.496 e. The quantitative estimate of drug-likeness (QED) is 0.314. The van der Waals surface area contributed by atoms with E-state index in [4.69, 9.17) is 9.47 Å². The van der Waals surface area contributed by atoms with Gasteiger partial charge in [0.2, 0.25) is 11.8 Å². The molecule has 0 aromatic heterocycles.